The molecule has 8 heteroatoms. The van der Waals surface area contributed by atoms with Gasteiger partial charge in [0.05, 0.1) is 51.6 Å². The van der Waals surface area contributed by atoms with Crippen molar-refractivity contribution in [2.45, 2.75) is 9.79 Å². The first-order valence-electron chi connectivity index (χ1n) is 9.48. The van der Waals surface area contributed by atoms with Gasteiger partial charge < -0.3 is 14.8 Å². The van der Waals surface area contributed by atoms with Gasteiger partial charge in [-0.2, -0.15) is 5.26 Å². The number of nitrogens with zero attached hydrogens (tertiary/aromatic N) is 2. The van der Waals surface area contributed by atoms with Gasteiger partial charge in [-0.25, -0.2) is 0 Å². The minimum absolute atomic E-state index is 0.369. The van der Waals surface area contributed by atoms with Crippen LogP contribution in [-0.2, 0) is 0 Å². The third-order valence-corrected chi connectivity index (χ3v) is 6.40. The second-order valence-corrected chi connectivity index (χ2v) is 8.62. The first-order chi connectivity index (χ1) is 15.5. The van der Waals surface area contributed by atoms with Crippen molar-refractivity contribution in [3.05, 3.63) is 76.4 Å². The Morgan fingerprint density at radius 2 is 1.72 bits per heavy atom. The molecule has 1 heterocycles. The summed E-state index contributed by atoms with van der Waals surface area (Å²) in [5, 5.41) is 14.5. The zero-order valence-corrected chi connectivity index (χ0v) is 19.5. The van der Waals surface area contributed by atoms with Gasteiger partial charge in [-0.15, -0.1) is 0 Å². The summed E-state index contributed by atoms with van der Waals surface area (Å²) < 4.78 is 11.0. The van der Waals surface area contributed by atoms with E-state index in [0.717, 1.165) is 15.2 Å². The largest absolute Gasteiger partial charge is 0.496 e. The van der Waals surface area contributed by atoms with Crippen LogP contribution >= 0.6 is 35.0 Å². The quantitative estimate of drug-likeness (QED) is 0.311. The van der Waals surface area contributed by atoms with E-state index in [-0.39, 0.29) is 0 Å². The number of halogens is 2. The lowest BCUT2D eigenvalue weighted by molar-refractivity contribution is 0.405. The maximum atomic E-state index is 9.70. The van der Waals surface area contributed by atoms with Gasteiger partial charge in [-0.3, -0.25) is 4.98 Å². The van der Waals surface area contributed by atoms with Crippen molar-refractivity contribution in [2.75, 3.05) is 19.5 Å². The minimum Gasteiger partial charge on any atom is -0.496 e. The molecule has 0 aliphatic heterocycles. The van der Waals surface area contributed by atoms with E-state index in [1.54, 1.807) is 31.0 Å². The second-order valence-electron chi connectivity index (χ2n) is 6.69. The highest BCUT2D eigenvalue weighted by molar-refractivity contribution is 7.99. The molecule has 0 amide bonds. The number of benzene rings is 3. The number of nitrogens with one attached hydrogen (secondary N) is 1. The molecule has 0 radical (unpaired) electrons. The first kappa shape index (κ1) is 22.1. The molecule has 1 N–H and O–H groups in total. The molecule has 0 fully saturated rings. The van der Waals surface area contributed by atoms with Gasteiger partial charge >= 0.3 is 0 Å². The average molecular weight is 482 g/mol. The third-order valence-electron chi connectivity index (χ3n) is 4.75. The number of methoxy groups -OCH3 is 2. The van der Waals surface area contributed by atoms with Gasteiger partial charge in [-0.1, -0.05) is 53.2 Å². The van der Waals surface area contributed by atoms with Crippen LogP contribution in [0.2, 0.25) is 10.0 Å². The first-order valence-corrected chi connectivity index (χ1v) is 11.0. The van der Waals surface area contributed by atoms with Gasteiger partial charge in [0.2, 0.25) is 0 Å². The van der Waals surface area contributed by atoms with Crippen molar-refractivity contribution in [3.8, 4) is 17.6 Å². The lowest BCUT2D eigenvalue weighted by Crippen LogP contribution is -1.99. The van der Waals surface area contributed by atoms with Crippen molar-refractivity contribution in [2.24, 2.45) is 0 Å². The molecule has 32 heavy (non-hydrogen) atoms. The normalized spacial score (nSPS) is 10.6. The number of hydrogen-bond acceptors (Lipinski definition) is 6. The molecular formula is C24H17Cl2N3O2S. The summed E-state index contributed by atoms with van der Waals surface area (Å²) in [6, 6.07) is 19.3. The summed E-state index contributed by atoms with van der Waals surface area (Å²) in [7, 11) is 3.14. The number of fused-ring (bicyclic) bond motifs is 1. The summed E-state index contributed by atoms with van der Waals surface area (Å²) in [6.45, 7) is 0. The van der Waals surface area contributed by atoms with E-state index < -0.39 is 0 Å². The highest BCUT2D eigenvalue weighted by Gasteiger charge is 2.16. The zero-order chi connectivity index (χ0) is 22.7. The number of ether oxygens (including phenoxy) is 2. The van der Waals surface area contributed by atoms with Crippen LogP contribution in [-0.4, -0.2) is 19.2 Å². The maximum absolute atomic E-state index is 9.70. The van der Waals surface area contributed by atoms with Crippen LogP contribution in [0.5, 0.6) is 11.5 Å². The molecule has 0 atom stereocenters. The summed E-state index contributed by atoms with van der Waals surface area (Å²) in [5.41, 5.74) is 2.20. The smallest absolute Gasteiger partial charge is 0.139 e. The van der Waals surface area contributed by atoms with E-state index in [1.165, 1.54) is 13.3 Å². The van der Waals surface area contributed by atoms with E-state index in [4.69, 9.17) is 32.7 Å². The number of anilines is 2. The van der Waals surface area contributed by atoms with Gasteiger partial charge in [0.1, 0.15) is 17.6 Å². The molecule has 0 saturated heterocycles. The summed E-state index contributed by atoms with van der Waals surface area (Å²) in [6.07, 6.45) is 1.54. The fourth-order valence-corrected chi connectivity index (χ4v) is 4.66. The van der Waals surface area contributed by atoms with E-state index in [9.17, 15) is 5.26 Å². The van der Waals surface area contributed by atoms with Gasteiger partial charge in [0.25, 0.3) is 0 Å². The predicted octanol–water partition coefficient (Wildman–Crippen LogP) is 7.33. The van der Waals surface area contributed by atoms with Crippen LogP contribution in [0.4, 0.5) is 11.4 Å². The summed E-state index contributed by atoms with van der Waals surface area (Å²) in [4.78, 5) is 6.49. The molecule has 0 aliphatic carbocycles. The lowest BCUT2D eigenvalue weighted by atomic mass is 10.1. The second kappa shape index (κ2) is 9.58. The maximum Gasteiger partial charge on any atom is 0.139 e. The van der Waals surface area contributed by atoms with Crippen LogP contribution in [0, 0.1) is 11.3 Å². The molecule has 0 aliphatic rings. The molecule has 1 aromatic heterocycles. The molecule has 4 rings (SSSR count). The fourth-order valence-electron chi connectivity index (χ4n) is 3.19. The third kappa shape index (κ3) is 4.42. The number of hydrogen-bond donors (Lipinski definition) is 1. The Kier molecular flexibility index (Phi) is 6.61. The van der Waals surface area contributed by atoms with E-state index >= 15 is 0 Å². The molecule has 0 bridgehead atoms. The monoisotopic (exact) mass is 481 g/mol. The van der Waals surface area contributed by atoms with Crippen molar-refractivity contribution < 1.29 is 9.47 Å². The van der Waals surface area contributed by atoms with Crippen LogP contribution in [0.15, 0.2) is 70.6 Å². The minimum atomic E-state index is 0.369. The van der Waals surface area contributed by atoms with Crippen molar-refractivity contribution in [1.29, 1.82) is 5.26 Å². The highest BCUT2D eigenvalue weighted by atomic mass is 35.5. The molecular weight excluding hydrogens is 465 g/mol. The molecule has 0 spiro atoms. The number of rotatable bonds is 6. The fraction of sp³-hybridized carbons (Fsp3) is 0.0833. The summed E-state index contributed by atoms with van der Waals surface area (Å²) >= 11 is 14.1. The lowest BCUT2D eigenvalue weighted by Gasteiger charge is -2.16. The average Bonchev–Trinajstić information content (AvgIpc) is 2.81. The Labute approximate surface area is 199 Å². The van der Waals surface area contributed by atoms with Crippen molar-refractivity contribution >= 4 is 57.2 Å². The standard InChI is InChI=1S/C24H17Cl2N3O2S/c1-30-21-10-20(17(25)9-18(21)26)29-24-14(12-27)13-28-19-11-23(22(31-2)8-16(19)24)32-15-6-4-3-5-7-15/h3-11,13H,1-2H3,(H,28,29). The van der Waals surface area contributed by atoms with Gasteiger partial charge in [0, 0.05) is 22.5 Å². The molecule has 4 aromatic rings. The number of pyridine rings is 1. The molecule has 5 nitrogen and oxygen atoms in total. The van der Waals surface area contributed by atoms with Crippen LogP contribution in [0.3, 0.4) is 0 Å². The molecule has 0 saturated carbocycles. The van der Waals surface area contributed by atoms with Crippen molar-refractivity contribution in [1.82, 2.24) is 4.98 Å². The SMILES string of the molecule is COc1cc(Nc2c(C#N)cnc3cc(Sc4ccccc4)c(OC)cc23)c(Cl)cc1Cl. The highest BCUT2D eigenvalue weighted by Crippen LogP contribution is 2.42. The van der Waals surface area contributed by atoms with Crippen LogP contribution in [0.1, 0.15) is 5.56 Å². The van der Waals surface area contributed by atoms with E-state index in [2.05, 4.69) is 16.4 Å². The summed E-state index contributed by atoms with van der Waals surface area (Å²) in [5.74, 6) is 1.14. The Morgan fingerprint density at radius 1 is 0.969 bits per heavy atom. The number of aromatic nitrogens is 1. The predicted molar refractivity (Wildman–Crippen MR) is 130 cm³/mol. The zero-order valence-electron chi connectivity index (χ0n) is 17.1. The van der Waals surface area contributed by atoms with Crippen molar-refractivity contribution in [3.63, 3.8) is 0 Å². The molecule has 160 valence electrons. The number of nitriles is 1. The molecule has 0 unspecified atom stereocenters. The van der Waals surface area contributed by atoms with Crippen LogP contribution in [0.25, 0.3) is 10.9 Å². The Bertz CT molecular complexity index is 1340. The van der Waals surface area contributed by atoms with Crippen LogP contribution < -0.4 is 14.8 Å². The Hall–Kier alpha value is -3.11. The van der Waals surface area contributed by atoms with E-state index in [1.807, 2.05) is 42.5 Å². The Morgan fingerprint density at radius 3 is 2.41 bits per heavy atom. The Balaban J connectivity index is 1.84. The van der Waals surface area contributed by atoms with E-state index in [0.29, 0.717) is 44.0 Å². The molecule has 3 aromatic carbocycles. The van der Waals surface area contributed by atoms with Gasteiger partial charge in [0.15, 0.2) is 0 Å². The topological polar surface area (TPSA) is 67.2 Å². The van der Waals surface area contributed by atoms with Gasteiger partial charge in [-0.05, 0) is 30.3 Å².